The number of aryl methyl sites for hydroxylation is 1. The van der Waals surface area contributed by atoms with Gasteiger partial charge in [-0.2, -0.15) is 0 Å². The summed E-state index contributed by atoms with van der Waals surface area (Å²) in [6, 6.07) is 20.0. The van der Waals surface area contributed by atoms with Gasteiger partial charge in [-0.25, -0.2) is 0 Å². The van der Waals surface area contributed by atoms with Crippen LogP contribution in [0.1, 0.15) is 55.6 Å². The average Bonchev–Trinajstić information content (AvgIpc) is 3.14. The van der Waals surface area contributed by atoms with Crippen molar-refractivity contribution in [1.29, 1.82) is 0 Å². The van der Waals surface area contributed by atoms with Gasteiger partial charge in [-0.05, 0) is 41.2 Å². The number of aromatic nitrogens is 1. The lowest BCUT2D eigenvalue weighted by atomic mass is 9.86. The quantitative estimate of drug-likeness (QED) is 0.524. The highest BCUT2D eigenvalue weighted by atomic mass is 16.5. The van der Waals surface area contributed by atoms with Gasteiger partial charge in [0.15, 0.2) is 11.5 Å². The molecule has 1 aliphatic rings. The first-order chi connectivity index (χ1) is 14.9. The van der Waals surface area contributed by atoms with Crippen LogP contribution in [0.3, 0.4) is 0 Å². The zero-order valence-corrected chi connectivity index (χ0v) is 19.4. The summed E-state index contributed by atoms with van der Waals surface area (Å²) >= 11 is 0. The number of para-hydroxylation sites is 1. The summed E-state index contributed by atoms with van der Waals surface area (Å²) in [6.45, 7) is 9.66. The van der Waals surface area contributed by atoms with Crippen LogP contribution in [-0.4, -0.2) is 30.2 Å². The second-order valence-corrected chi connectivity index (χ2v) is 9.38. The molecule has 1 aliphatic heterocycles. The lowest BCUT2D eigenvalue weighted by Crippen LogP contribution is -2.29. The summed E-state index contributed by atoms with van der Waals surface area (Å²) in [5, 5.41) is 0. The van der Waals surface area contributed by atoms with Crippen molar-refractivity contribution in [3.63, 3.8) is 0 Å². The molecule has 0 unspecified atom stereocenters. The molecule has 0 N–H and O–H groups in total. The Labute approximate surface area is 186 Å². The molecular weight excluding hydrogens is 384 g/mol. The van der Waals surface area contributed by atoms with Crippen LogP contribution < -0.4 is 9.47 Å². The second-order valence-electron chi connectivity index (χ2n) is 9.38. The van der Waals surface area contributed by atoms with E-state index in [1.165, 1.54) is 16.8 Å². The fourth-order valence-corrected chi connectivity index (χ4v) is 4.65. The van der Waals surface area contributed by atoms with Crippen LogP contribution in [-0.2, 0) is 18.5 Å². The number of ether oxygens (including phenoxy) is 2. The summed E-state index contributed by atoms with van der Waals surface area (Å²) in [6.07, 6.45) is 3.33. The van der Waals surface area contributed by atoms with E-state index in [1.807, 2.05) is 12.1 Å². The molecule has 0 amide bonds. The van der Waals surface area contributed by atoms with Crippen LogP contribution in [0.15, 0.2) is 60.8 Å². The predicted octanol–water partition coefficient (Wildman–Crippen LogP) is 5.80. The molecule has 1 atom stereocenters. The van der Waals surface area contributed by atoms with E-state index in [2.05, 4.69) is 78.9 Å². The monoisotopic (exact) mass is 418 g/mol. The molecule has 3 aromatic rings. The number of hydrogen-bond donors (Lipinski definition) is 0. The third-order valence-electron chi connectivity index (χ3n) is 6.30. The van der Waals surface area contributed by atoms with Crippen LogP contribution >= 0.6 is 0 Å². The van der Waals surface area contributed by atoms with E-state index in [4.69, 9.17) is 9.47 Å². The molecule has 2 aromatic carbocycles. The number of benzene rings is 2. The minimum absolute atomic E-state index is 0.149. The molecule has 0 bridgehead atoms. The van der Waals surface area contributed by atoms with E-state index in [1.54, 1.807) is 14.2 Å². The Morgan fingerprint density at radius 1 is 0.903 bits per heavy atom. The van der Waals surface area contributed by atoms with Gasteiger partial charge in [0, 0.05) is 37.1 Å². The van der Waals surface area contributed by atoms with Gasteiger partial charge in [-0.1, -0.05) is 57.2 Å². The van der Waals surface area contributed by atoms with Gasteiger partial charge in [0.1, 0.15) is 0 Å². The van der Waals surface area contributed by atoms with E-state index in [0.29, 0.717) is 0 Å². The number of methoxy groups -OCH3 is 2. The van der Waals surface area contributed by atoms with E-state index >= 15 is 0 Å². The maximum atomic E-state index is 5.73. The molecule has 4 nitrogen and oxygen atoms in total. The Hall–Kier alpha value is -2.72. The van der Waals surface area contributed by atoms with Gasteiger partial charge in [0.2, 0.25) is 0 Å². The number of fused-ring (bicyclic) bond motifs is 1. The number of rotatable bonds is 5. The SMILES string of the molecule is COc1cccc(CN2CCCn3cccc3[C@H]2c2ccc(C(C)(C)C)cc2)c1OC. The lowest BCUT2D eigenvalue weighted by molar-refractivity contribution is 0.216. The van der Waals surface area contributed by atoms with Crippen molar-refractivity contribution in [1.82, 2.24) is 9.47 Å². The molecule has 0 saturated heterocycles. The summed E-state index contributed by atoms with van der Waals surface area (Å²) in [5.74, 6) is 1.61. The van der Waals surface area contributed by atoms with Crippen molar-refractivity contribution >= 4 is 0 Å². The predicted molar refractivity (Wildman–Crippen MR) is 126 cm³/mol. The molecule has 164 valence electrons. The first-order valence-electron chi connectivity index (χ1n) is 11.1. The maximum Gasteiger partial charge on any atom is 0.165 e. The van der Waals surface area contributed by atoms with Crippen molar-refractivity contribution in [2.24, 2.45) is 0 Å². The van der Waals surface area contributed by atoms with Crippen molar-refractivity contribution in [3.05, 3.63) is 83.2 Å². The van der Waals surface area contributed by atoms with Crippen molar-refractivity contribution in [2.75, 3.05) is 20.8 Å². The third kappa shape index (κ3) is 4.35. The Balaban J connectivity index is 1.74. The van der Waals surface area contributed by atoms with E-state index in [9.17, 15) is 0 Å². The summed E-state index contributed by atoms with van der Waals surface area (Å²) in [4.78, 5) is 2.57. The van der Waals surface area contributed by atoms with E-state index in [0.717, 1.165) is 43.1 Å². The highest BCUT2D eigenvalue weighted by Crippen LogP contribution is 2.37. The molecule has 0 aliphatic carbocycles. The van der Waals surface area contributed by atoms with Crippen LogP contribution in [0.4, 0.5) is 0 Å². The van der Waals surface area contributed by atoms with Crippen LogP contribution in [0, 0.1) is 0 Å². The lowest BCUT2D eigenvalue weighted by Gasteiger charge is -2.32. The van der Waals surface area contributed by atoms with Gasteiger partial charge in [-0.15, -0.1) is 0 Å². The fraction of sp³-hybridized carbons (Fsp3) is 0.407. The van der Waals surface area contributed by atoms with Gasteiger partial charge < -0.3 is 14.0 Å². The molecule has 4 rings (SSSR count). The first-order valence-corrected chi connectivity index (χ1v) is 11.1. The van der Waals surface area contributed by atoms with Crippen LogP contribution in [0.2, 0.25) is 0 Å². The van der Waals surface area contributed by atoms with Gasteiger partial charge in [0.05, 0.1) is 20.3 Å². The number of nitrogens with zero attached hydrogens (tertiary/aromatic N) is 2. The second kappa shape index (κ2) is 8.80. The zero-order chi connectivity index (χ0) is 22.0. The molecule has 31 heavy (non-hydrogen) atoms. The smallest absolute Gasteiger partial charge is 0.165 e. The van der Waals surface area contributed by atoms with Crippen molar-refractivity contribution in [2.45, 2.75) is 51.7 Å². The fourth-order valence-electron chi connectivity index (χ4n) is 4.65. The Bertz CT molecular complexity index is 1010. The minimum Gasteiger partial charge on any atom is -0.493 e. The van der Waals surface area contributed by atoms with Crippen LogP contribution in [0.5, 0.6) is 11.5 Å². The Morgan fingerprint density at radius 3 is 2.35 bits per heavy atom. The summed E-state index contributed by atoms with van der Waals surface area (Å²) in [5.41, 5.74) is 5.34. The Morgan fingerprint density at radius 2 is 1.68 bits per heavy atom. The minimum atomic E-state index is 0.149. The highest BCUT2D eigenvalue weighted by Gasteiger charge is 2.29. The third-order valence-corrected chi connectivity index (χ3v) is 6.30. The average molecular weight is 419 g/mol. The highest BCUT2D eigenvalue weighted by molar-refractivity contribution is 5.47. The Kier molecular flexibility index (Phi) is 6.10. The number of hydrogen-bond acceptors (Lipinski definition) is 3. The molecular formula is C27H34N2O2. The molecule has 1 aromatic heterocycles. The zero-order valence-electron chi connectivity index (χ0n) is 19.4. The normalized spacial score (nSPS) is 17.1. The summed E-state index contributed by atoms with van der Waals surface area (Å²) < 4.78 is 13.7. The largest absolute Gasteiger partial charge is 0.493 e. The molecule has 0 saturated carbocycles. The van der Waals surface area contributed by atoms with Crippen molar-refractivity contribution in [3.8, 4) is 11.5 Å². The van der Waals surface area contributed by atoms with Gasteiger partial charge in [0.25, 0.3) is 0 Å². The molecule has 2 heterocycles. The molecule has 0 spiro atoms. The first kappa shape index (κ1) is 21.5. The standard InChI is InChI=1S/C27H34N2O2/c1-27(2,3)22-14-12-20(13-15-22)25-23-10-7-16-28(23)17-8-18-29(25)19-21-9-6-11-24(30-4)26(21)31-5/h6-7,9-16,25H,8,17-19H2,1-5H3/t25-/m1/s1. The van der Waals surface area contributed by atoms with Crippen LogP contribution in [0.25, 0.3) is 0 Å². The topological polar surface area (TPSA) is 26.6 Å². The van der Waals surface area contributed by atoms with E-state index < -0.39 is 0 Å². The molecule has 0 radical (unpaired) electrons. The maximum absolute atomic E-state index is 5.73. The van der Waals surface area contributed by atoms with Gasteiger partial charge >= 0.3 is 0 Å². The molecule has 0 fully saturated rings. The molecule has 4 heteroatoms. The van der Waals surface area contributed by atoms with Crippen molar-refractivity contribution < 1.29 is 9.47 Å². The van der Waals surface area contributed by atoms with E-state index in [-0.39, 0.29) is 11.5 Å². The van der Waals surface area contributed by atoms with Gasteiger partial charge in [-0.3, -0.25) is 4.90 Å². The summed E-state index contributed by atoms with van der Waals surface area (Å²) in [7, 11) is 3.41.